The summed E-state index contributed by atoms with van der Waals surface area (Å²) in [7, 11) is 0. The summed E-state index contributed by atoms with van der Waals surface area (Å²) >= 11 is 7.81. The van der Waals surface area contributed by atoms with Gasteiger partial charge in [-0.3, -0.25) is 4.79 Å². The molecule has 0 spiro atoms. The Bertz CT molecular complexity index is 1040. The number of nitriles is 1. The molecule has 2 atom stereocenters. The van der Waals surface area contributed by atoms with Gasteiger partial charge in [-0.05, 0) is 54.0 Å². The zero-order valence-corrected chi connectivity index (χ0v) is 14.9. The van der Waals surface area contributed by atoms with Crippen molar-refractivity contribution in [2.45, 2.75) is 13.3 Å². The van der Waals surface area contributed by atoms with Gasteiger partial charge in [0.2, 0.25) is 5.91 Å². The molecule has 25 heavy (non-hydrogen) atoms. The summed E-state index contributed by atoms with van der Waals surface area (Å²) < 4.78 is 4.42. The van der Waals surface area contributed by atoms with Crippen LogP contribution < -0.4 is 5.32 Å². The molecule has 5 nitrogen and oxygen atoms in total. The van der Waals surface area contributed by atoms with Gasteiger partial charge in [0.15, 0.2) is 0 Å². The molecule has 1 aliphatic rings. The van der Waals surface area contributed by atoms with Gasteiger partial charge in [-0.15, -0.1) is 0 Å². The largest absolute Gasteiger partial charge is 0.310 e. The highest BCUT2D eigenvalue weighted by Crippen LogP contribution is 2.38. The Hall–Kier alpha value is -2.49. The van der Waals surface area contributed by atoms with Gasteiger partial charge in [-0.2, -0.15) is 9.64 Å². The Kier molecular flexibility index (Phi) is 3.91. The number of fused-ring (bicyclic) bond motifs is 1. The first-order valence-corrected chi connectivity index (χ1v) is 8.99. The second kappa shape index (κ2) is 6.10. The second-order valence-electron chi connectivity index (χ2n) is 6.16. The van der Waals surface area contributed by atoms with Crippen molar-refractivity contribution in [2.24, 2.45) is 11.8 Å². The standard InChI is InChI=1S/C18H13ClN4OS/c1-9-8-25-23-17(9)11-2-10-5-16(21-7-14(10)15(19)4-11)22-18(24)13-3-12(13)6-20/h2,4-5,7-8,12-13H,3H2,1H3,(H,21,22,24)/t12-,13+/m0/s1. The zero-order valence-electron chi connectivity index (χ0n) is 13.3. The van der Waals surface area contributed by atoms with Crippen molar-refractivity contribution in [1.82, 2.24) is 9.36 Å². The lowest BCUT2D eigenvalue weighted by molar-refractivity contribution is -0.117. The lowest BCUT2D eigenvalue weighted by Gasteiger charge is -2.08. The summed E-state index contributed by atoms with van der Waals surface area (Å²) in [6.45, 7) is 2.01. The molecule has 1 N–H and O–H groups in total. The third kappa shape index (κ3) is 2.97. The van der Waals surface area contributed by atoms with Crippen LogP contribution in [0.2, 0.25) is 5.02 Å². The topological polar surface area (TPSA) is 78.7 Å². The molecule has 2 aromatic heterocycles. The van der Waals surface area contributed by atoms with E-state index < -0.39 is 0 Å². The number of carbonyl (C=O) groups is 1. The molecule has 0 saturated heterocycles. The third-order valence-electron chi connectivity index (χ3n) is 4.35. The number of aromatic nitrogens is 2. The van der Waals surface area contributed by atoms with Crippen LogP contribution in [-0.4, -0.2) is 15.3 Å². The van der Waals surface area contributed by atoms with Gasteiger partial charge in [0, 0.05) is 22.5 Å². The number of hydrogen-bond donors (Lipinski definition) is 1. The maximum absolute atomic E-state index is 12.1. The van der Waals surface area contributed by atoms with Gasteiger partial charge >= 0.3 is 0 Å². The summed E-state index contributed by atoms with van der Waals surface area (Å²) in [5.41, 5.74) is 2.94. The number of anilines is 1. The molecule has 4 rings (SSSR count). The van der Waals surface area contributed by atoms with Crippen LogP contribution in [-0.2, 0) is 4.79 Å². The van der Waals surface area contributed by atoms with E-state index in [2.05, 4.69) is 20.7 Å². The predicted octanol–water partition coefficient (Wildman–Crippen LogP) is 4.42. The number of hydrogen-bond acceptors (Lipinski definition) is 5. The highest BCUT2D eigenvalue weighted by molar-refractivity contribution is 7.04. The predicted molar refractivity (Wildman–Crippen MR) is 98.4 cm³/mol. The van der Waals surface area contributed by atoms with Crippen LogP contribution in [0.5, 0.6) is 0 Å². The van der Waals surface area contributed by atoms with E-state index in [1.165, 1.54) is 11.5 Å². The number of nitrogens with one attached hydrogen (secondary N) is 1. The first-order chi connectivity index (χ1) is 12.1. The fraction of sp³-hybridized carbons (Fsp3) is 0.222. The van der Waals surface area contributed by atoms with Gasteiger partial charge in [0.05, 0.1) is 28.6 Å². The molecular formula is C18H13ClN4OS. The van der Waals surface area contributed by atoms with E-state index in [4.69, 9.17) is 16.9 Å². The number of nitrogens with zero attached hydrogens (tertiary/aromatic N) is 3. The smallest absolute Gasteiger partial charge is 0.230 e. The van der Waals surface area contributed by atoms with Crippen molar-refractivity contribution in [3.8, 4) is 17.3 Å². The van der Waals surface area contributed by atoms with Crippen LogP contribution in [0.4, 0.5) is 5.82 Å². The average molecular weight is 369 g/mol. The van der Waals surface area contributed by atoms with Gasteiger partial charge < -0.3 is 5.32 Å². The summed E-state index contributed by atoms with van der Waals surface area (Å²) in [5, 5.41) is 15.9. The lowest BCUT2D eigenvalue weighted by Crippen LogP contribution is -2.15. The number of benzene rings is 1. The number of carbonyl (C=O) groups excluding carboxylic acids is 1. The van der Waals surface area contributed by atoms with E-state index in [1.54, 1.807) is 12.3 Å². The summed E-state index contributed by atoms with van der Waals surface area (Å²) in [5.74, 6) is -0.0930. The third-order valence-corrected chi connectivity index (χ3v) is 5.41. The van der Waals surface area contributed by atoms with E-state index >= 15 is 0 Å². The van der Waals surface area contributed by atoms with Crippen LogP contribution in [0.1, 0.15) is 12.0 Å². The number of aryl methyl sites for hydroxylation is 1. The van der Waals surface area contributed by atoms with Gasteiger partial charge in [-0.25, -0.2) is 4.98 Å². The summed E-state index contributed by atoms with van der Waals surface area (Å²) in [6.07, 6.45) is 2.27. The number of rotatable bonds is 3. The molecule has 0 unspecified atom stereocenters. The maximum atomic E-state index is 12.1. The molecule has 2 heterocycles. The first-order valence-electron chi connectivity index (χ1n) is 7.78. The minimum absolute atomic E-state index is 0.156. The molecule has 7 heteroatoms. The van der Waals surface area contributed by atoms with Crippen molar-refractivity contribution in [3.05, 3.63) is 40.4 Å². The summed E-state index contributed by atoms with van der Waals surface area (Å²) in [4.78, 5) is 16.4. The number of halogens is 1. The molecule has 0 bridgehead atoms. The molecule has 0 aliphatic heterocycles. The minimum Gasteiger partial charge on any atom is -0.310 e. The molecule has 1 amide bonds. The normalized spacial score (nSPS) is 18.8. The Morgan fingerprint density at radius 1 is 1.44 bits per heavy atom. The Morgan fingerprint density at radius 3 is 2.96 bits per heavy atom. The Labute approximate surface area is 153 Å². The molecule has 3 aromatic rings. The molecule has 1 aliphatic carbocycles. The van der Waals surface area contributed by atoms with Crippen molar-refractivity contribution in [2.75, 3.05) is 5.32 Å². The first kappa shape index (κ1) is 16.0. The van der Waals surface area contributed by atoms with E-state index in [0.717, 1.165) is 27.6 Å². The fourth-order valence-corrected chi connectivity index (χ4v) is 3.78. The second-order valence-corrected chi connectivity index (χ2v) is 7.20. The van der Waals surface area contributed by atoms with E-state index in [1.807, 2.05) is 24.4 Å². The highest BCUT2D eigenvalue weighted by Gasteiger charge is 2.43. The van der Waals surface area contributed by atoms with Crippen molar-refractivity contribution >= 4 is 45.6 Å². The van der Waals surface area contributed by atoms with Gasteiger partial charge in [-0.1, -0.05) is 11.6 Å². The van der Waals surface area contributed by atoms with E-state index in [0.29, 0.717) is 17.3 Å². The molecule has 1 fully saturated rings. The summed E-state index contributed by atoms with van der Waals surface area (Å²) in [6, 6.07) is 7.79. The van der Waals surface area contributed by atoms with E-state index in [9.17, 15) is 4.79 Å². The zero-order chi connectivity index (χ0) is 17.6. The monoisotopic (exact) mass is 368 g/mol. The molecular weight excluding hydrogens is 356 g/mol. The SMILES string of the molecule is Cc1csnc1-c1cc(Cl)c2cnc(NC(=O)[C@@H]3C[C@H]3C#N)cc2c1. The molecule has 1 saturated carbocycles. The average Bonchev–Trinajstić information content (AvgIpc) is 3.27. The van der Waals surface area contributed by atoms with Crippen molar-refractivity contribution in [3.63, 3.8) is 0 Å². The van der Waals surface area contributed by atoms with E-state index in [-0.39, 0.29) is 17.7 Å². The quantitative estimate of drug-likeness (QED) is 0.742. The minimum atomic E-state index is -0.227. The van der Waals surface area contributed by atoms with Crippen molar-refractivity contribution < 1.29 is 4.79 Å². The highest BCUT2D eigenvalue weighted by atomic mass is 35.5. The number of pyridine rings is 1. The van der Waals surface area contributed by atoms with Crippen LogP contribution in [0.15, 0.2) is 29.8 Å². The maximum Gasteiger partial charge on any atom is 0.230 e. The van der Waals surface area contributed by atoms with Crippen LogP contribution >= 0.6 is 23.1 Å². The van der Waals surface area contributed by atoms with Gasteiger partial charge in [0.1, 0.15) is 5.82 Å². The Balaban J connectivity index is 1.68. The lowest BCUT2D eigenvalue weighted by atomic mass is 10.0. The van der Waals surface area contributed by atoms with Crippen LogP contribution in [0.3, 0.4) is 0 Å². The fourth-order valence-electron chi connectivity index (χ4n) is 2.83. The van der Waals surface area contributed by atoms with Crippen LogP contribution in [0, 0.1) is 30.1 Å². The van der Waals surface area contributed by atoms with Gasteiger partial charge in [0.25, 0.3) is 0 Å². The molecule has 0 radical (unpaired) electrons. The van der Waals surface area contributed by atoms with Crippen LogP contribution in [0.25, 0.3) is 22.0 Å². The Morgan fingerprint density at radius 2 is 2.28 bits per heavy atom. The van der Waals surface area contributed by atoms with Crippen molar-refractivity contribution in [1.29, 1.82) is 5.26 Å². The molecule has 124 valence electrons. The number of amides is 1. The molecule has 1 aromatic carbocycles.